The molecule has 0 fully saturated rings. The zero-order chi connectivity index (χ0) is 15.7. The number of anilines is 2. The van der Waals surface area contributed by atoms with Crippen LogP contribution in [0.15, 0.2) is 6.07 Å². The van der Waals surface area contributed by atoms with Crippen molar-refractivity contribution < 1.29 is 4.74 Å². The van der Waals surface area contributed by atoms with E-state index in [1.54, 1.807) is 6.07 Å². The molecule has 0 bridgehead atoms. The zero-order valence-corrected chi connectivity index (χ0v) is 14.5. The highest BCUT2D eigenvalue weighted by atomic mass is 35.5. The molecule has 0 aromatic carbocycles. The summed E-state index contributed by atoms with van der Waals surface area (Å²) in [5.41, 5.74) is 0. The van der Waals surface area contributed by atoms with Crippen LogP contribution in [-0.2, 0) is 4.74 Å². The number of nitrogens with zero attached hydrogens (tertiary/aromatic N) is 1. The summed E-state index contributed by atoms with van der Waals surface area (Å²) in [6.45, 7) is 9.36. The molecular formula is C15H25Cl2N3O. The van der Waals surface area contributed by atoms with Crippen LogP contribution >= 0.6 is 23.2 Å². The van der Waals surface area contributed by atoms with E-state index in [0.29, 0.717) is 40.8 Å². The summed E-state index contributed by atoms with van der Waals surface area (Å²) in [6, 6.07) is 1.70. The van der Waals surface area contributed by atoms with E-state index >= 15 is 0 Å². The molecule has 0 amide bonds. The number of pyridine rings is 1. The summed E-state index contributed by atoms with van der Waals surface area (Å²) < 4.78 is 5.55. The van der Waals surface area contributed by atoms with Gasteiger partial charge in [0.05, 0.1) is 16.7 Å². The third-order valence-electron chi connectivity index (χ3n) is 2.85. The van der Waals surface area contributed by atoms with E-state index < -0.39 is 0 Å². The zero-order valence-electron chi connectivity index (χ0n) is 13.0. The molecule has 0 atom stereocenters. The molecule has 0 spiro atoms. The highest BCUT2D eigenvalue weighted by Gasteiger charge is 2.08. The van der Waals surface area contributed by atoms with E-state index in [1.807, 2.05) is 0 Å². The highest BCUT2D eigenvalue weighted by Crippen LogP contribution is 2.29. The van der Waals surface area contributed by atoms with E-state index in [-0.39, 0.29) is 0 Å². The molecule has 4 nitrogen and oxygen atoms in total. The third-order valence-corrected chi connectivity index (χ3v) is 3.43. The van der Waals surface area contributed by atoms with Crippen LogP contribution in [0.25, 0.3) is 0 Å². The van der Waals surface area contributed by atoms with E-state index in [0.717, 1.165) is 26.0 Å². The molecule has 1 heterocycles. The average Bonchev–Trinajstić information content (AvgIpc) is 2.43. The first-order chi connectivity index (χ1) is 10.0. The number of hydrogen-bond acceptors (Lipinski definition) is 4. The van der Waals surface area contributed by atoms with Crippen LogP contribution < -0.4 is 10.6 Å². The third kappa shape index (κ3) is 7.21. The Kier molecular flexibility index (Phi) is 8.81. The molecule has 21 heavy (non-hydrogen) atoms. The Labute approximate surface area is 137 Å². The van der Waals surface area contributed by atoms with Gasteiger partial charge < -0.3 is 15.4 Å². The van der Waals surface area contributed by atoms with Gasteiger partial charge >= 0.3 is 0 Å². The molecule has 2 N–H and O–H groups in total. The molecule has 1 aromatic rings. The lowest BCUT2D eigenvalue weighted by Crippen LogP contribution is -2.13. The number of nitrogens with one attached hydrogen (secondary N) is 2. The van der Waals surface area contributed by atoms with Gasteiger partial charge in [-0.15, -0.1) is 0 Å². The van der Waals surface area contributed by atoms with Gasteiger partial charge in [0, 0.05) is 19.7 Å². The number of ether oxygens (including phenoxy) is 1. The molecule has 0 aliphatic heterocycles. The Morgan fingerprint density at radius 1 is 1.10 bits per heavy atom. The monoisotopic (exact) mass is 333 g/mol. The predicted octanol–water partition coefficient (Wildman–Crippen LogP) is 4.68. The van der Waals surface area contributed by atoms with Gasteiger partial charge in [-0.2, -0.15) is 0 Å². The fourth-order valence-corrected chi connectivity index (χ4v) is 2.11. The second kappa shape index (κ2) is 10.1. The SMILES string of the molecule is CCCNc1nc(NCCOCCC(C)C)c(Cl)cc1Cl. The second-order valence-electron chi connectivity index (χ2n) is 5.30. The lowest BCUT2D eigenvalue weighted by Gasteiger charge is -2.12. The van der Waals surface area contributed by atoms with E-state index in [4.69, 9.17) is 27.9 Å². The Balaban J connectivity index is 2.43. The molecule has 120 valence electrons. The van der Waals surface area contributed by atoms with E-state index in [1.165, 1.54) is 0 Å². The van der Waals surface area contributed by atoms with Crippen molar-refractivity contribution in [2.24, 2.45) is 5.92 Å². The normalized spacial score (nSPS) is 11.0. The van der Waals surface area contributed by atoms with Gasteiger partial charge in [0.2, 0.25) is 0 Å². The van der Waals surface area contributed by atoms with Crippen molar-refractivity contribution in [3.8, 4) is 0 Å². The molecule has 0 unspecified atom stereocenters. The first-order valence-corrected chi connectivity index (χ1v) is 8.21. The van der Waals surface area contributed by atoms with Crippen molar-refractivity contribution >= 4 is 34.8 Å². The van der Waals surface area contributed by atoms with Gasteiger partial charge in [-0.3, -0.25) is 0 Å². The molecule has 6 heteroatoms. The van der Waals surface area contributed by atoms with Crippen molar-refractivity contribution in [1.29, 1.82) is 0 Å². The fraction of sp³-hybridized carbons (Fsp3) is 0.667. The largest absolute Gasteiger partial charge is 0.380 e. The van der Waals surface area contributed by atoms with Gasteiger partial charge in [-0.25, -0.2) is 4.98 Å². The van der Waals surface area contributed by atoms with Crippen molar-refractivity contribution in [2.45, 2.75) is 33.6 Å². The van der Waals surface area contributed by atoms with Crippen LogP contribution in [0.3, 0.4) is 0 Å². The number of rotatable bonds is 10. The molecule has 1 aromatic heterocycles. The Bertz CT molecular complexity index is 428. The number of hydrogen-bond donors (Lipinski definition) is 2. The maximum absolute atomic E-state index is 6.14. The van der Waals surface area contributed by atoms with Gasteiger partial charge in [-0.1, -0.05) is 44.0 Å². The molecule has 0 saturated heterocycles. The van der Waals surface area contributed by atoms with Crippen LogP contribution in [0.4, 0.5) is 11.6 Å². The highest BCUT2D eigenvalue weighted by molar-refractivity contribution is 6.37. The van der Waals surface area contributed by atoms with Crippen molar-refractivity contribution in [1.82, 2.24) is 4.98 Å². The number of aromatic nitrogens is 1. The summed E-state index contributed by atoms with van der Waals surface area (Å²) in [4.78, 5) is 4.41. The quantitative estimate of drug-likeness (QED) is 0.610. The summed E-state index contributed by atoms with van der Waals surface area (Å²) in [7, 11) is 0. The van der Waals surface area contributed by atoms with Crippen LogP contribution in [0, 0.1) is 5.92 Å². The summed E-state index contributed by atoms with van der Waals surface area (Å²) in [6.07, 6.45) is 2.08. The maximum Gasteiger partial charge on any atom is 0.147 e. The minimum Gasteiger partial charge on any atom is -0.380 e. The Morgan fingerprint density at radius 3 is 2.29 bits per heavy atom. The number of halogens is 2. The van der Waals surface area contributed by atoms with Crippen molar-refractivity contribution in [3.05, 3.63) is 16.1 Å². The van der Waals surface area contributed by atoms with Crippen LogP contribution in [-0.4, -0.2) is 31.3 Å². The molecule has 0 saturated carbocycles. The fourth-order valence-electron chi connectivity index (χ4n) is 1.62. The molecule has 0 aliphatic carbocycles. The topological polar surface area (TPSA) is 46.2 Å². The van der Waals surface area contributed by atoms with Gasteiger partial charge in [0.15, 0.2) is 0 Å². The lowest BCUT2D eigenvalue weighted by molar-refractivity contribution is 0.132. The molecule has 1 rings (SSSR count). The van der Waals surface area contributed by atoms with Gasteiger partial charge in [-0.05, 0) is 24.8 Å². The van der Waals surface area contributed by atoms with Crippen molar-refractivity contribution in [3.63, 3.8) is 0 Å². The minimum atomic E-state index is 0.518. The summed E-state index contributed by atoms with van der Waals surface area (Å²) in [5, 5.41) is 7.41. The first kappa shape index (κ1) is 18.3. The van der Waals surface area contributed by atoms with Gasteiger partial charge in [0.1, 0.15) is 11.6 Å². The second-order valence-corrected chi connectivity index (χ2v) is 6.11. The standard InChI is InChI=1S/C15H25Cl2N3O/c1-4-6-18-14-12(16)10-13(17)15(20-14)19-7-9-21-8-5-11(2)3/h10-11H,4-9H2,1-3H3,(H2,18,19,20). The first-order valence-electron chi connectivity index (χ1n) is 7.46. The smallest absolute Gasteiger partial charge is 0.147 e. The summed E-state index contributed by atoms with van der Waals surface area (Å²) >= 11 is 12.2. The molecule has 0 aliphatic rings. The van der Waals surface area contributed by atoms with Crippen LogP contribution in [0.5, 0.6) is 0 Å². The maximum atomic E-state index is 6.14. The van der Waals surface area contributed by atoms with Crippen LogP contribution in [0.2, 0.25) is 10.0 Å². The molecular weight excluding hydrogens is 309 g/mol. The molecule has 0 radical (unpaired) electrons. The predicted molar refractivity (Wildman–Crippen MR) is 91.8 cm³/mol. The van der Waals surface area contributed by atoms with Crippen molar-refractivity contribution in [2.75, 3.05) is 36.9 Å². The van der Waals surface area contributed by atoms with E-state index in [9.17, 15) is 0 Å². The Morgan fingerprint density at radius 2 is 1.71 bits per heavy atom. The van der Waals surface area contributed by atoms with E-state index in [2.05, 4.69) is 36.4 Å². The minimum absolute atomic E-state index is 0.518. The van der Waals surface area contributed by atoms with Crippen LogP contribution in [0.1, 0.15) is 33.6 Å². The Hall–Kier alpha value is -0.710. The average molecular weight is 334 g/mol. The van der Waals surface area contributed by atoms with Gasteiger partial charge in [0.25, 0.3) is 0 Å². The lowest BCUT2D eigenvalue weighted by atomic mass is 10.1. The summed E-state index contributed by atoms with van der Waals surface area (Å²) in [5.74, 6) is 1.95.